The minimum absolute atomic E-state index is 0.205. The van der Waals surface area contributed by atoms with E-state index in [9.17, 15) is 46.0 Å². The highest BCUT2D eigenvalue weighted by Gasteiger charge is 2.53. The summed E-state index contributed by atoms with van der Waals surface area (Å²) in [5.41, 5.74) is 5.45. The molecule has 16 heteroatoms. The molecule has 11 N–H and O–H groups in total. The Balaban J connectivity index is 1.69. The van der Waals surface area contributed by atoms with E-state index < -0.39 is 105 Å². The van der Waals surface area contributed by atoms with Gasteiger partial charge in [-0.25, -0.2) is 0 Å². The Bertz CT molecular complexity index is 721. The second kappa shape index (κ2) is 15.0. The Morgan fingerprint density at radius 2 is 1.18 bits per heavy atom. The minimum Gasteiger partial charge on any atom is -0.394 e. The van der Waals surface area contributed by atoms with Crippen LogP contribution in [-0.4, -0.2) is 164 Å². The maximum atomic E-state index is 10.9. The second-order valence-corrected chi connectivity index (χ2v) is 10.0. The molecule has 3 aliphatic rings. The van der Waals surface area contributed by atoms with Gasteiger partial charge in [0, 0.05) is 6.61 Å². The molecule has 0 bridgehead atoms. The third-order valence-corrected chi connectivity index (χ3v) is 7.16. The number of ether oxygens (including phenoxy) is 6. The fraction of sp³-hybridized carbons (Fsp3) is 1.00. The van der Waals surface area contributed by atoms with Crippen LogP contribution >= 0.6 is 0 Å². The number of unbranched alkanes of at least 4 members (excludes halogenated alkanes) is 2. The summed E-state index contributed by atoms with van der Waals surface area (Å²) in [5, 5.41) is 92.7. The van der Waals surface area contributed by atoms with Gasteiger partial charge in [0.25, 0.3) is 0 Å². The highest BCUT2D eigenvalue weighted by molar-refractivity contribution is 4.96. The van der Waals surface area contributed by atoms with Crippen molar-refractivity contribution in [3.8, 4) is 0 Å². The van der Waals surface area contributed by atoms with Gasteiger partial charge in [0.2, 0.25) is 0 Å². The summed E-state index contributed by atoms with van der Waals surface area (Å²) in [6.07, 6.45) is -20.6. The van der Waals surface area contributed by atoms with E-state index >= 15 is 0 Å². The van der Waals surface area contributed by atoms with Crippen molar-refractivity contribution in [2.75, 3.05) is 26.4 Å². The standard InChI is InChI=1S/C23H43NO15/c1-9-12(27)14(29)16(31)22(35-9)39-20-13(28)10(7-25)36-23(18(20)33)38-19-11(8-26)37-21(17(32)15(19)30)34-6-4-2-3-5-24/h9-23,25-33H,2-8,24H2,1H3/t9?,10?,11?,12-,13+,14?,15+,16-,17?,18?,19+,20-,21-,22-,23-/m0/s1. The van der Waals surface area contributed by atoms with Crippen LogP contribution in [0.25, 0.3) is 0 Å². The monoisotopic (exact) mass is 573 g/mol. The number of nitrogens with two attached hydrogens (primary N) is 1. The van der Waals surface area contributed by atoms with Crippen LogP contribution in [0, 0.1) is 0 Å². The Morgan fingerprint density at radius 1 is 0.590 bits per heavy atom. The van der Waals surface area contributed by atoms with Crippen molar-refractivity contribution in [3.05, 3.63) is 0 Å². The lowest BCUT2D eigenvalue weighted by Crippen LogP contribution is -2.66. The third-order valence-electron chi connectivity index (χ3n) is 7.16. The second-order valence-electron chi connectivity index (χ2n) is 10.0. The van der Waals surface area contributed by atoms with E-state index in [-0.39, 0.29) is 6.61 Å². The average molecular weight is 574 g/mol. The van der Waals surface area contributed by atoms with Gasteiger partial charge in [-0.05, 0) is 32.7 Å². The highest BCUT2D eigenvalue weighted by Crippen LogP contribution is 2.32. The Kier molecular flexibility index (Phi) is 12.7. The van der Waals surface area contributed by atoms with Crippen LogP contribution in [0.5, 0.6) is 0 Å². The summed E-state index contributed by atoms with van der Waals surface area (Å²) in [4.78, 5) is 0. The van der Waals surface area contributed by atoms with Gasteiger partial charge in [-0.15, -0.1) is 0 Å². The van der Waals surface area contributed by atoms with Crippen molar-refractivity contribution in [1.29, 1.82) is 0 Å². The van der Waals surface area contributed by atoms with E-state index in [1.54, 1.807) is 0 Å². The molecule has 0 radical (unpaired) electrons. The molecular weight excluding hydrogens is 530 g/mol. The first-order chi connectivity index (χ1) is 18.5. The lowest BCUT2D eigenvalue weighted by molar-refractivity contribution is -0.379. The van der Waals surface area contributed by atoms with Crippen molar-refractivity contribution in [2.24, 2.45) is 5.73 Å². The molecule has 0 spiro atoms. The Labute approximate surface area is 225 Å². The summed E-state index contributed by atoms with van der Waals surface area (Å²) >= 11 is 0. The number of hydrogen-bond acceptors (Lipinski definition) is 16. The quantitative estimate of drug-likeness (QED) is 0.0976. The Hall–Kier alpha value is -0.640. The Morgan fingerprint density at radius 3 is 1.82 bits per heavy atom. The predicted molar refractivity (Wildman–Crippen MR) is 126 cm³/mol. The zero-order valence-electron chi connectivity index (χ0n) is 21.7. The summed E-state index contributed by atoms with van der Waals surface area (Å²) in [5.74, 6) is 0. The summed E-state index contributed by atoms with van der Waals surface area (Å²) < 4.78 is 33.2. The van der Waals surface area contributed by atoms with E-state index in [2.05, 4.69) is 0 Å². The number of aliphatic hydroxyl groups is 9. The fourth-order valence-corrected chi connectivity index (χ4v) is 4.74. The fourth-order valence-electron chi connectivity index (χ4n) is 4.74. The van der Waals surface area contributed by atoms with Crippen molar-refractivity contribution in [1.82, 2.24) is 0 Å². The van der Waals surface area contributed by atoms with Gasteiger partial charge in [0.15, 0.2) is 18.9 Å². The molecule has 3 aliphatic heterocycles. The molecule has 16 nitrogen and oxygen atoms in total. The summed E-state index contributed by atoms with van der Waals surface area (Å²) in [6.45, 7) is 0.723. The molecule has 0 amide bonds. The van der Waals surface area contributed by atoms with Crippen molar-refractivity contribution in [2.45, 2.75) is 118 Å². The van der Waals surface area contributed by atoms with Crippen molar-refractivity contribution >= 4 is 0 Å². The molecule has 230 valence electrons. The molecule has 3 heterocycles. The van der Waals surface area contributed by atoms with E-state index in [1.807, 2.05) is 0 Å². The summed E-state index contributed by atoms with van der Waals surface area (Å²) in [6, 6.07) is 0. The SMILES string of the molecule is CC1O[C@@H](O[C@@H]2C(O)[C@H](O[C@@H]3C(CO)O[C@H](OCCCCCN)C(O)[C@H]3O)OC(CO)[C@H]2O)[C@@H](O)C(O)[C@H]1O. The molecule has 0 aromatic carbocycles. The zero-order chi connectivity index (χ0) is 28.9. The summed E-state index contributed by atoms with van der Waals surface area (Å²) in [7, 11) is 0. The van der Waals surface area contributed by atoms with Crippen LogP contribution in [0.1, 0.15) is 26.2 Å². The number of rotatable bonds is 12. The molecule has 39 heavy (non-hydrogen) atoms. The first-order valence-electron chi connectivity index (χ1n) is 13.1. The van der Waals surface area contributed by atoms with Crippen molar-refractivity contribution in [3.63, 3.8) is 0 Å². The molecule has 3 rings (SSSR count). The molecule has 6 unspecified atom stereocenters. The smallest absolute Gasteiger partial charge is 0.187 e. The van der Waals surface area contributed by atoms with Crippen LogP contribution in [0.2, 0.25) is 0 Å². The van der Waals surface area contributed by atoms with Gasteiger partial charge in [0.1, 0.15) is 67.1 Å². The van der Waals surface area contributed by atoms with Crippen LogP contribution in [-0.2, 0) is 28.4 Å². The van der Waals surface area contributed by atoms with Gasteiger partial charge >= 0.3 is 0 Å². The first-order valence-corrected chi connectivity index (χ1v) is 13.1. The van der Waals surface area contributed by atoms with Gasteiger partial charge in [-0.2, -0.15) is 0 Å². The average Bonchev–Trinajstić information content (AvgIpc) is 2.92. The maximum absolute atomic E-state index is 10.9. The van der Waals surface area contributed by atoms with E-state index in [0.717, 1.165) is 12.8 Å². The maximum Gasteiger partial charge on any atom is 0.187 e. The molecule has 0 aromatic rings. The molecule has 3 fully saturated rings. The number of aliphatic hydroxyl groups excluding tert-OH is 9. The normalized spacial score (nSPS) is 47.3. The molecule has 3 saturated heterocycles. The van der Waals surface area contributed by atoms with Gasteiger partial charge in [-0.3, -0.25) is 0 Å². The van der Waals surface area contributed by atoms with Gasteiger partial charge in [-0.1, -0.05) is 0 Å². The van der Waals surface area contributed by atoms with Gasteiger partial charge < -0.3 is 80.1 Å². The molecule has 15 atom stereocenters. The highest BCUT2D eigenvalue weighted by atomic mass is 16.8. The van der Waals surface area contributed by atoms with Crippen LogP contribution in [0.4, 0.5) is 0 Å². The van der Waals surface area contributed by atoms with E-state index in [0.29, 0.717) is 13.0 Å². The predicted octanol–water partition coefficient (Wildman–Crippen LogP) is -5.39. The zero-order valence-corrected chi connectivity index (χ0v) is 21.7. The largest absolute Gasteiger partial charge is 0.394 e. The molecule has 0 saturated carbocycles. The molecular formula is C23H43NO15. The van der Waals surface area contributed by atoms with Crippen molar-refractivity contribution < 1.29 is 74.4 Å². The topological polar surface area (TPSA) is 263 Å². The van der Waals surface area contributed by atoms with Crippen LogP contribution < -0.4 is 5.73 Å². The van der Waals surface area contributed by atoms with Gasteiger partial charge in [0.05, 0.1) is 19.3 Å². The van der Waals surface area contributed by atoms with Crippen LogP contribution in [0.15, 0.2) is 0 Å². The number of hydrogen-bond donors (Lipinski definition) is 10. The lowest BCUT2D eigenvalue weighted by atomic mass is 9.96. The first kappa shape index (κ1) is 32.9. The van der Waals surface area contributed by atoms with E-state index in [1.165, 1.54) is 6.92 Å². The van der Waals surface area contributed by atoms with Crippen LogP contribution in [0.3, 0.4) is 0 Å². The molecule has 0 aromatic heterocycles. The molecule has 0 aliphatic carbocycles. The lowest BCUT2D eigenvalue weighted by Gasteiger charge is -2.48. The van der Waals surface area contributed by atoms with E-state index in [4.69, 9.17) is 34.2 Å². The third kappa shape index (κ3) is 7.61. The minimum atomic E-state index is -1.82.